The van der Waals surface area contributed by atoms with Gasteiger partial charge in [0.1, 0.15) is 11.6 Å². The maximum Gasteiger partial charge on any atom is 0.573 e. The maximum atomic E-state index is 14.4. The molecule has 25 heavy (non-hydrogen) atoms. The lowest BCUT2D eigenvalue weighted by Crippen LogP contribution is -2.46. The summed E-state index contributed by atoms with van der Waals surface area (Å²) in [7, 11) is 0. The van der Waals surface area contributed by atoms with Crippen LogP contribution in [0, 0.1) is 11.7 Å². The molecule has 1 heterocycles. The van der Waals surface area contributed by atoms with Crippen LogP contribution in [0.2, 0.25) is 0 Å². The minimum Gasteiger partial charge on any atom is -0.406 e. The van der Waals surface area contributed by atoms with E-state index in [0.717, 1.165) is 51.2 Å². The summed E-state index contributed by atoms with van der Waals surface area (Å²) >= 11 is 0. The number of benzene rings is 1. The van der Waals surface area contributed by atoms with Crippen molar-refractivity contribution < 1.29 is 22.3 Å². The van der Waals surface area contributed by atoms with Crippen LogP contribution in [0.3, 0.4) is 0 Å². The van der Waals surface area contributed by atoms with Gasteiger partial charge in [0.05, 0.1) is 0 Å². The Morgan fingerprint density at radius 2 is 1.88 bits per heavy atom. The van der Waals surface area contributed by atoms with Crippen LogP contribution in [0.15, 0.2) is 18.2 Å². The predicted molar refractivity (Wildman–Crippen MR) is 91.6 cm³/mol. The number of hydrogen-bond acceptors (Lipinski definition) is 3. The van der Waals surface area contributed by atoms with E-state index in [-0.39, 0.29) is 35.7 Å². The molecule has 1 aromatic rings. The van der Waals surface area contributed by atoms with Gasteiger partial charge in [-0.3, -0.25) is 4.90 Å². The van der Waals surface area contributed by atoms with Crippen molar-refractivity contribution >= 4 is 12.4 Å². The fourth-order valence-electron chi connectivity index (χ4n) is 3.38. The van der Waals surface area contributed by atoms with E-state index >= 15 is 0 Å². The molecule has 1 fully saturated rings. The Morgan fingerprint density at radius 3 is 2.44 bits per heavy atom. The summed E-state index contributed by atoms with van der Waals surface area (Å²) < 4.78 is 55.8. The standard InChI is InChI=1S/C17H24F4N2O.ClH/c1-3-4-12(2)16(23-9-7-22-8-10-23)14-11-13(5-6-15(14)18)24-17(19,20)21;/h5-6,11-12,16,22H,3-4,7-10H2,1-2H3;1H/t12?,16-;/m1./s1. The first-order chi connectivity index (χ1) is 11.3. The third kappa shape index (κ3) is 6.31. The molecule has 1 N–H and O–H groups in total. The van der Waals surface area contributed by atoms with Gasteiger partial charge in [0.25, 0.3) is 0 Å². The number of nitrogens with one attached hydrogen (secondary N) is 1. The molecule has 2 rings (SSSR count). The van der Waals surface area contributed by atoms with Crippen LogP contribution in [0.4, 0.5) is 17.6 Å². The van der Waals surface area contributed by atoms with E-state index in [2.05, 4.69) is 15.0 Å². The van der Waals surface area contributed by atoms with Gasteiger partial charge in [0, 0.05) is 37.8 Å². The molecule has 0 radical (unpaired) electrons. The highest BCUT2D eigenvalue weighted by Crippen LogP contribution is 2.36. The topological polar surface area (TPSA) is 24.5 Å². The summed E-state index contributed by atoms with van der Waals surface area (Å²) in [5.74, 6) is -0.734. The van der Waals surface area contributed by atoms with Gasteiger partial charge in [0.2, 0.25) is 0 Å². The predicted octanol–water partition coefficient (Wildman–Crippen LogP) is 4.53. The van der Waals surface area contributed by atoms with Crippen molar-refractivity contribution in [2.24, 2.45) is 5.92 Å². The van der Waals surface area contributed by atoms with Crippen LogP contribution in [0.25, 0.3) is 0 Å². The molecule has 1 aliphatic rings. The van der Waals surface area contributed by atoms with Crippen molar-refractivity contribution in [2.75, 3.05) is 26.2 Å². The molecule has 144 valence electrons. The Labute approximate surface area is 152 Å². The molecule has 3 nitrogen and oxygen atoms in total. The third-order valence-electron chi connectivity index (χ3n) is 4.35. The zero-order valence-electron chi connectivity index (χ0n) is 14.4. The van der Waals surface area contributed by atoms with E-state index in [0.29, 0.717) is 0 Å². The summed E-state index contributed by atoms with van der Waals surface area (Å²) in [5.41, 5.74) is 0.277. The second kappa shape index (κ2) is 9.59. The molecule has 0 amide bonds. The van der Waals surface area contributed by atoms with Crippen LogP contribution >= 0.6 is 12.4 Å². The highest BCUT2D eigenvalue weighted by molar-refractivity contribution is 5.85. The van der Waals surface area contributed by atoms with E-state index in [1.54, 1.807) is 0 Å². The van der Waals surface area contributed by atoms with Crippen molar-refractivity contribution in [2.45, 2.75) is 39.1 Å². The fraction of sp³-hybridized carbons (Fsp3) is 0.647. The Bertz CT molecular complexity index is 536. The van der Waals surface area contributed by atoms with Crippen molar-refractivity contribution in [3.05, 3.63) is 29.6 Å². The first kappa shape index (κ1) is 22.0. The molecule has 1 saturated heterocycles. The van der Waals surface area contributed by atoms with E-state index in [4.69, 9.17) is 0 Å². The van der Waals surface area contributed by atoms with Crippen LogP contribution < -0.4 is 10.1 Å². The lowest BCUT2D eigenvalue weighted by atomic mass is 9.88. The number of alkyl halides is 3. The Morgan fingerprint density at radius 1 is 1.24 bits per heavy atom. The van der Waals surface area contributed by atoms with Crippen molar-refractivity contribution in [3.8, 4) is 5.75 Å². The van der Waals surface area contributed by atoms with Crippen molar-refractivity contribution in [1.29, 1.82) is 0 Å². The van der Waals surface area contributed by atoms with Crippen molar-refractivity contribution in [1.82, 2.24) is 10.2 Å². The van der Waals surface area contributed by atoms with Gasteiger partial charge < -0.3 is 10.1 Å². The second-order valence-corrected chi connectivity index (χ2v) is 6.23. The summed E-state index contributed by atoms with van der Waals surface area (Å²) in [6.45, 7) is 7.12. The molecule has 0 aliphatic carbocycles. The molecule has 0 spiro atoms. The largest absolute Gasteiger partial charge is 0.573 e. The van der Waals surface area contributed by atoms with Crippen LogP contribution in [0.1, 0.15) is 38.3 Å². The fourth-order valence-corrected chi connectivity index (χ4v) is 3.38. The maximum absolute atomic E-state index is 14.4. The minimum atomic E-state index is -4.78. The molecule has 0 aromatic heterocycles. The summed E-state index contributed by atoms with van der Waals surface area (Å²) in [6.07, 6.45) is -2.98. The van der Waals surface area contributed by atoms with Crippen LogP contribution in [0.5, 0.6) is 5.75 Å². The quantitative estimate of drug-likeness (QED) is 0.729. The number of hydrogen-bond donors (Lipinski definition) is 1. The SMILES string of the molecule is CCCC(C)[C@H](c1cc(OC(F)(F)F)ccc1F)N1CCNCC1.Cl. The molecular weight excluding hydrogens is 360 g/mol. The second-order valence-electron chi connectivity index (χ2n) is 6.23. The number of piperazine rings is 1. The molecule has 1 aliphatic heterocycles. The van der Waals surface area contributed by atoms with E-state index in [9.17, 15) is 17.6 Å². The van der Waals surface area contributed by atoms with Gasteiger partial charge in [-0.15, -0.1) is 25.6 Å². The Balaban J connectivity index is 0.00000312. The lowest BCUT2D eigenvalue weighted by Gasteiger charge is -2.39. The lowest BCUT2D eigenvalue weighted by molar-refractivity contribution is -0.274. The number of rotatable bonds is 6. The highest BCUT2D eigenvalue weighted by atomic mass is 35.5. The Kier molecular flexibility index (Phi) is 8.44. The van der Waals surface area contributed by atoms with E-state index in [1.165, 1.54) is 6.07 Å². The van der Waals surface area contributed by atoms with Crippen molar-refractivity contribution in [3.63, 3.8) is 0 Å². The van der Waals surface area contributed by atoms with Gasteiger partial charge in [-0.2, -0.15) is 0 Å². The zero-order chi connectivity index (χ0) is 17.7. The number of ether oxygens (including phenoxy) is 1. The minimum absolute atomic E-state index is 0. The van der Waals surface area contributed by atoms with Crippen LogP contribution in [-0.2, 0) is 0 Å². The zero-order valence-corrected chi connectivity index (χ0v) is 15.2. The van der Waals surface area contributed by atoms with E-state index < -0.39 is 12.2 Å². The third-order valence-corrected chi connectivity index (χ3v) is 4.35. The van der Waals surface area contributed by atoms with E-state index in [1.807, 2.05) is 13.8 Å². The van der Waals surface area contributed by atoms with Gasteiger partial charge in [-0.05, 0) is 30.5 Å². The molecule has 0 bridgehead atoms. The monoisotopic (exact) mass is 384 g/mol. The summed E-state index contributed by atoms with van der Waals surface area (Å²) in [4.78, 5) is 2.15. The van der Waals surface area contributed by atoms with Gasteiger partial charge >= 0.3 is 6.36 Å². The first-order valence-corrected chi connectivity index (χ1v) is 8.31. The highest BCUT2D eigenvalue weighted by Gasteiger charge is 2.33. The average Bonchev–Trinajstić information content (AvgIpc) is 2.50. The Hall–Kier alpha value is -1.05. The van der Waals surface area contributed by atoms with Gasteiger partial charge in [-0.1, -0.05) is 20.3 Å². The molecular formula is C17H25ClF4N2O. The molecule has 1 unspecified atom stereocenters. The summed E-state index contributed by atoms with van der Waals surface area (Å²) in [5, 5.41) is 3.24. The number of halogens is 5. The normalized spacial score (nSPS) is 18.3. The van der Waals surface area contributed by atoms with Gasteiger partial charge in [0.15, 0.2) is 0 Å². The molecule has 8 heteroatoms. The molecule has 2 atom stereocenters. The smallest absolute Gasteiger partial charge is 0.406 e. The van der Waals surface area contributed by atoms with Crippen LogP contribution in [-0.4, -0.2) is 37.4 Å². The molecule has 1 aromatic carbocycles. The van der Waals surface area contributed by atoms with Gasteiger partial charge in [-0.25, -0.2) is 4.39 Å². The first-order valence-electron chi connectivity index (χ1n) is 8.31. The average molecular weight is 385 g/mol. The summed E-state index contributed by atoms with van der Waals surface area (Å²) in [6, 6.07) is 3.02. The molecule has 0 saturated carbocycles. The number of nitrogens with zero attached hydrogens (tertiary/aromatic N) is 1.